The molecule has 1 aliphatic carbocycles. The number of rotatable bonds is 7. The van der Waals surface area contributed by atoms with Crippen LogP contribution in [0, 0.1) is 5.92 Å². The summed E-state index contributed by atoms with van der Waals surface area (Å²) >= 11 is 0. The first-order chi connectivity index (χ1) is 7.99. The summed E-state index contributed by atoms with van der Waals surface area (Å²) in [7, 11) is 0. The summed E-state index contributed by atoms with van der Waals surface area (Å²) in [4.78, 5) is 10.3. The molecule has 0 aromatic carbocycles. The van der Waals surface area contributed by atoms with Crippen molar-refractivity contribution in [3.63, 3.8) is 0 Å². The van der Waals surface area contributed by atoms with Crippen LogP contribution in [0.25, 0.3) is 0 Å². The molecular formula is C13H24O4. The molecule has 0 aliphatic heterocycles. The molecule has 1 aliphatic rings. The molecule has 0 unspecified atom stereocenters. The normalized spacial score (nSPS) is 17.3. The van der Waals surface area contributed by atoms with Crippen LogP contribution in [0.5, 0.6) is 0 Å². The minimum absolute atomic E-state index is 0.0890. The van der Waals surface area contributed by atoms with Crippen molar-refractivity contribution >= 4 is 6.16 Å². The number of ether oxygens (including phenoxy) is 2. The molecule has 0 heterocycles. The molecule has 0 aromatic heterocycles. The maximum absolute atomic E-state index is 10.3. The summed E-state index contributed by atoms with van der Waals surface area (Å²) in [5.74, 6) is 0.886. The fourth-order valence-electron chi connectivity index (χ4n) is 2.30. The largest absolute Gasteiger partial charge is 0.505 e. The van der Waals surface area contributed by atoms with Crippen molar-refractivity contribution < 1.29 is 19.4 Å². The first-order valence-electron chi connectivity index (χ1n) is 6.49. The molecule has 4 heteroatoms. The van der Waals surface area contributed by atoms with E-state index in [4.69, 9.17) is 9.84 Å². The van der Waals surface area contributed by atoms with Gasteiger partial charge in [0.05, 0.1) is 5.60 Å². The standard InChI is InChI=1S/C13H24O4/c1-13(2,10-16-12(14)15)17-9-5-8-11-6-3-4-7-11/h11H,3-10H2,1-2H3,(H,14,15). The lowest BCUT2D eigenvalue weighted by Gasteiger charge is -2.24. The molecule has 1 N–H and O–H groups in total. The molecule has 0 radical (unpaired) electrons. The number of carboxylic acid groups (broad SMARTS) is 1. The van der Waals surface area contributed by atoms with Gasteiger partial charge in [-0.3, -0.25) is 0 Å². The van der Waals surface area contributed by atoms with Crippen molar-refractivity contribution in [2.24, 2.45) is 5.92 Å². The van der Waals surface area contributed by atoms with Crippen molar-refractivity contribution in [1.82, 2.24) is 0 Å². The number of hydrogen-bond donors (Lipinski definition) is 1. The Bertz CT molecular complexity index is 232. The second-order valence-corrected chi connectivity index (χ2v) is 5.46. The van der Waals surface area contributed by atoms with Crippen LogP contribution in [-0.4, -0.2) is 30.1 Å². The highest BCUT2D eigenvalue weighted by Crippen LogP contribution is 2.28. The molecule has 4 nitrogen and oxygen atoms in total. The summed E-state index contributed by atoms with van der Waals surface area (Å²) in [5.41, 5.74) is -0.520. The van der Waals surface area contributed by atoms with Crippen LogP contribution in [0.4, 0.5) is 4.79 Å². The summed E-state index contributed by atoms with van der Waals surface area (Å²) in [6.07, 6.45) is 6.54. The van der Waals surface area contributed by atoms with E-state index in [1.165, 1.54) is 32.1 Å². The van der Waals surface area contributed by atoms with Crippen LogP contribution in [0.15, 0.2) is 0 Å². The van der Waals surface area contributed by atoms with Crippen LogP contribution in [0.2, 0.25) is 0 Å². The Hall–Kier alpha value is -0.770. The van der Waals surface area contributed by atoms with Crippen molar-refractivity contribution in [3.05, 3.63) is 0 Å². The van der Waals surface area contributed by atoms with E-state index in [-0.39, 0.29) is 6.61 Å². The Morgan fingerprint density at radius 1 is 1.35 bits per heavy atom. The van der Waals surface area contributed by atoms with Crippen LogP contribution in [0.1, 0.15) is 52.4 Å². The van der Waals surface area contributed by atoms with Crippen molar-refractivity contribution in [1.29, 1.82) is 0 Å². The second kappa shape index (κ2) is 6.84. The Kier molecular flexibility index (Phi) is 5.75. The third-order valence-electron chi connectivity index (χ3n) is 3.27. The molecule has 100 valence electrons. The molecular weight excluding hydrogens is 220 g/mol. The van der Waals surface area contributed by atoms with Gasteiger partial charge in [-0.25, -0.2) is 4.79 Å². The van der Waals surface area contributed by atoms with E-state index in [0.29, 0.717) is 6.61 Å². The van der Waals surface area contributed by atoms with Gasteiger partial charge in [0, 0.05) is 6.61 Å². The van der Waals surface area contributed by atoms with E-state index in [1.54, 1.807) is 0 Å². The lowest BCUT2D eigenvalue weighted by molar-refractivity contribution is -0.0657. The Labute approximate surface area is 103 Å². The lowest BCUT2D eigenvalue weighted by Crippen LogP contribution is -2.32. The van der Waals surface area contributed by atoms with E-state index in [0.717, 1.165) is 12.3 Å². The van der Waals surface area contributed by atoms with Crippen molar-refractivity contribution in [2.75, 3.05) is 13.2 Å². The highest BCUT2D eigenvalue weighted by Gasteiger charge is 2.21. The first-order valence-corrected chi connectivity index (χ1v) is 6.49. The zero-order valence-corrected chi connectivity index (χ0v) is 10.9. The second-order valence-electron chi connectivity index (χ2n) is 5.46. The van der Waals surface area contributed by atoms with Gasteiger partial charge in [0.15, 0.2) is 0 Å². The van der Waals surface area contributed by atoms with E-state index >= 15 is 0 Å². The van der Waals surface area contributed by atoms with Gasteiger partial charge in [-0.15, -0.1) is 0 Å². The topological polar surface area (TPSA) is 55.8 Å². The molecule has 0 amide bonds. The summed E-state index contributed by atoms with van der Waals surface area (Å²) in [6.45, 7) is 4.48. The van der Waals surface area contributed by atoms with Crippen molar-refractivity contribution in [3.8, 4) is 0 Å². The van der Waals surface area contributed by atoms with E-state index in [1.807, 2.05) is 13.8 Å². The molecule has 0 aromatic rings. The van der Waals surface area contributed by atoms with E-state index in [2.05, 4.69) is 4.74 Å². The first kappa shape index (κ1) is 14.3. The summed E-state index contributed by atoms with van der Waals surface area (Å²) in [5, 5.41) is 8.41. The number of hydrogen-bond acceptors (Lipinski definition) is 3. The van der Waals surface area contributed by atoms with Crippen LogP contribution < -0.4 is 0 Å². The fraction of sp³-hybridized carbons (Fsp3) is 0.923. The summed E-state index contributed by atoms with van der Waals surface area (Å²) in [6, 6.07) is 0. The molecule has 17 heavy (non-hydrogen) atoms. The fourth-order valence-corrected chi connectivity index (χ4v) is 2.30. The molecule has 1 fully saturated rings. The maximum Gasteiger partial charge on any atom is 0.505 e. The molecule has 1 saturated carbocycles. The monoisotopic (exact) mass is 244 g/mol. The van der Waals surface area contributed by atoms with Gasteiger partial charge in [0.2, 0.25) is 0 Å². The highest BCUT2D eigenvalue weighted by molar-refractivity contribution is 5.56. The van der Waals surface area contributed by atoms with E-state index in [9.17, 15) is 4.79 Å². The molecule has 0 atom stereocenters. The Morgan fingerprint density at radius 3 is 2.59 bits per heavy atom. The van der Waals surface area contributed by atoms with Crippen LogP contribution in [-0.2, 0) is 9.47 Å². The Balaban J connectivity index is 2.05. The van der Waals surface area contributed by atoms with Gasteiger partial charge in [0.1, 0.15) is 6.61 Å². The highest BCUT2D eigenvalue weighted by atomic mass is 16.7. The third kappa shape index (κ3) is 6.51. The average molecular weight is 244 g/mol. The quantitative estimate of drug-likeness (QED) is 0.550. The van der Waals surface area contributed by atoms with Crippen LogP contribution in [0.3, 0.4) is 0 Å². The maximum atomic E-state index is 10.3. The minimum atomic E-state index is -1.24. The predicted octanol–water partition coefficient (Wildman–Crippen LogP) is 3.45. The predicted molar refractivity (Wildman–Crippen MR) is 65.2 cm³/mol. The smallest absolute Gasteiger partial charge is 0.450 e. The SMILES string of the molecule is CC(C)(COC(=O)O)OCCCC1CCCC1. The zero-order chi connectivity index (χ0) is 12.7. The molecule has 0 bridgehead atoms. The third-order valence-corrected chi connectivity index (χ3v) is 3.27. The lowest BCUT2D eigenvalue weighted by atomic mass is 10.0. The van der Waals surface area contributed by atoms with Gasteiger partial charge >= 0.3 is 6.16 Å². The molecule has 0 saturated heterocycles. The number of carbonyl (C=O) groups is 1. The van der Waals surface area contributed by atoms with Gasteiger partial charge < -0.3 is 14.6 Å². The van der Waals surface area contributed by atoms with Crippen LogP contribution >= 0.6 is 0 Å². The van der Waals surface area contributed by atoms with Gasteiger partial charge in [-0.2, -0.15) is 0 Å². The average Bonchev–Trinajstić information content (AvgIpc) is 2.75. The van der Waals surface area contributed by atoms with E-state index < -0.39 is 11.8 Å². The molecule has 1 rings (SSSR count). The van der Waals surface area contributed by atoms with Gasteiger partial charge in [-0.1, -0.05) is 25.7 Å². The van der Waals surface area contributed by atoms with Crippen molar-refractivity contribution in [2.45, 2.75) is 58.0 Å². The molecule has 0 spiro atoms. The zero-order valence-electron chi connectivity index (χ0n) is 10.9. The summed E-state index contributed by atoms with van der Waals surface area (Å²) < 4.78 is 10.2. The Morgan fingerprint density at radius 2 is 2.00 bits per heavy atom. The van der Waals surface area contributed by atoms with Gasteiger partial charge in [-0.05, 0) is 32.6 Å². The van der Waals surface area contributed by atoms with Gasteiger partial charge in [0.25, 0.3) is 0 Å². The minimum Gasteiger partial charge on any atom is -0.450 e.